The van der Waals surface area contributed by atoms with Gasteiger partial charge < -0.3 is 37.0 Å². The lowest BCUT2D eigenvalue weighted by Crippen LogP contribution is -2.58. The molecule has 32 heavy (non-hydrogen) atoms. The van der Waals surface area contributed by atoms with Crippen LogP contribution < -0.4 is 21.7 Å². The Morgan fingerprint density at radius 1 is 0.906 bits per heavy atom. The topological polar surface area (TPSA) is 191 Å². The number of carboxylic acids is 1. The average Bonchev–Trinajstić information content (AvgIpc) is 2.71. The van der Waals surface area contributed by atoms with E-state index in [1.165, 1.54) is 26.0 Å². The largest absolute Gasteiger partial charge is 0.508 e. The summed E-state index contributed by atoms with van der Waals surface area (Å²) < 4.78 is 0. The SMILES string of the molecule is CC(NC(=O)C(Cc1ccc(O)cc1)NC(=O)C(N)C(C)O)C(=O)NC(C(=O)O)C(C)C. The van der Waals surface area contributed by atoms with Crippen LogP contribution in [0.1, 0.15) is 33.3 Å². The van der Waals surface area contributed by atoms with Crippen LogP contribution in [0.25, 0.3) is 0 Å². The summed E-state index contributed by atoms with van der Waals surface area (Å²) in [4.78, 5) is 48.8. The van der Waals surface area contributed by atoms with Crippen molar-refractivity contribution in [2.45, 2.75) is 64.4 Å². The third-order valence-electron chi connectivity index (χ3n) is 4.81. The molecule has 3 amide bonds. The van der Waals surface area contributed by atoms with Gasteiger partial charge in [-0.1, -0.05) is 26.0 Å². The fourth-order valence-corrected chi connectivity index (χ4v) is 2.74. The molecule has 0 aliphatic rings. The number of aliphatic hydroxyl groups is 1. The van der Waals surface area contributed by atoms with Gasteiger partial charge in [-0.2, -0.15) is 0 Å². The number of hydrogen-bond donors (Lipinski definition) is 7. The van der Waals surface area contributed by atoms with Crippen molar-refractivity contribution in [1.82, 2.24) is 16.0 Å². The van der Waals surface area contributed by atoms with Crippen LogP contribution in [0, 0.1) is 5.92 Å². The van der Waals surface area contributed by atoms with Crippen LogP contribution in [0.5, 0.6) is 5.75 Å². The van der Waals surface area contributed by atoms with E-state index in [2.05, 4.69) is 16.0 Å². The van der Waals surface area contributed by atoms with Crippen molar-refractivity contribution in [3.8, 4) is 5.75 Å². The van der Waals surface area contributed by atoms with E-state index in [1.807, 2.05) is 0 Å². The minimum absolute atomic E-state index is 0.0163. The average molecular weight is 453 g/mol. The molecule has 0 aliphatic carbocycles. The first-order valence-corrected chi connectivity index (χ1v) is 10.2. The highest BCUT2D eigenvalue weighted by atomic mass is 16.4. The molecular formula is C21H32N4O7. The minimum atomic E-state index is -1.27. The molecule has 0 bridgehead atoms. The normalized spacial score (nSPS) is 15.7. The Bertz CT molecular complexity index is 811. The van der Waals surface area contributed by atoms with Gasteiger partial charge in [0, 0.05) is 6.42 Å². The second-order valence-corrected chi connectivity index (χ2v) is 8.00. The van der Waals surface area contributed by atoms with Crippen LogP contribution in [0.3, 0.4) is 0 Å². The predicted molar refractivity (Wildman–Crippen MR) is 115 cm³/mol. The van der Waals surface area contributed by atoms with Gasteiger partial charge in [0.05, 0.1) is 6.10 Å². The number of phenols is 1. The van der Waals surface area contributed by atoms with E-state index < -0.39 is 54.0 Å². The summed E-state index contributed by atoms with van der Waals surface area (Å²) in [6.07, 6.45) is -1.14. The number of aliphatic hydroxyl groups excluding tert-OH is 1. The molecule has 0 saturated heterocycles. The summed E-state index contributed by atoms with van der Waals surface area (Å²) in [5.74, 6) is -3.71. The number of aromatic hydroxyl groups is 1. The van der Waals surface area contributed by atoms with Crippen LogP contribution >= 0.6 is 0 Å². The Labute approximate surface area is 186 Å². The summed E-state index contributed by atoms with van der Waals surface area (Å²) in [5.41, 5.74) is 6.24. The first-order chi connectivity index (χ1) is 14.8. The highest BCUT2D eigenvalue weighted by Gasteiger charge is 2.30. The highest BCUT2D eigenvalue weighted by molar-refractivity contribution is 5.94. The Hall–Kier alpha value is -3.18. The predicted octanol–water partition coefficient (Wildman–Crippen LogP) is -1.14. The summed E-state index contributed by atoms with van der Waals surface area (Å²) in [7, 11) is 0. The van der Waals surface area contributed by atoms with E-state index in [4.69, 9.17) is 5.73 Å². The molecule has 0 aromatic heterocycles. The van der Waals surface area contributed by atoms with Crippen LogP contribution in [0.4, 0.5) is 0 Å². The van der Waals surface area contributed by atoms with Crippen molar-refractivity contribution < 1.29 is 34.5 Å². The van der Waals surface area contributed by atoms with Crippen LogP contribution in [0.2, 0.25) is 0 Å². The number of amides is 3. The highest BCUT2D eigenvalue weighted by Crippen LogP contribution is 2.12. The number of phenolic OH excluding ortho intramolecular Hbond substituents is 1. The van der Waals surface area contributed by atoms with Crippen LogP contribution in [-0.2, 0) is 25.6 Å². The molecule has 1 rings (SSSR count). The van der Waals surface area contributed by atoms with E-state index in [9.17, 15) is 34.5 Å². The van der Waals surface area contributed by atoms with Crippen LogP contribution in [0.15, 0.2) is 24.3 Å². The fraction of sp³-hybridized carbons (Fsp3) is 0.524. The number of benzene rings is 1. The summed E-state index contributed by atoms with van der Waals surface area (Å²) >= 11 is 0. The maximum atomic E-state index is 12.8. The van der Waals surface area contributed by atoms with E-state index in [0.717, 1.165) is 0 Å². The zero-order valence-corrected chi connectivity index (χ0v) is 18.5. The standard InChI is InChI=1S/C21H32N4O7/c1-10(2)17(21(31)32)25-18(28)11(3)23-19(29)15(24-20(30)16(22)12(4)26)9-13-5-7-14(27)8-6-13/h5-8,10-12,15-17,26-27H,9,22H2,1-4H3,(H,23,29)(H,24,30)(H,25,28)(H,31,32). The lowest BCUT2D eigenvalue weighted by atomic mass is 10.0. The number of carboxylic acid groups (broad SMARTS) is 1. The summed E-state index contributed by atoms with van der Waals surface area (Å²) in [6.45, 7) is 5.99. The lowest BCUT2D eigenvalue weighted by molar-refractivity contribution is -0.143. The van der Waals surface area contributed by atoms with E-state index in [0.29, 0.717) is 5.56 Å². The molecule has 11 heteroatoms. The van der Waals surface area contributed by atoms with Gasteiger partial charge in [0.1, 0.15) is 29.9 Å². The Morgan fingerprint density at radius 3 is 1.94 bits per heavy atom. The number of nitrogens with two attached hydrogens (primary N) is 1. The Balaban J connectivity index is 2.95. The summed E-state index contributed by atoms with van der Waals surface area (Å²) in [6, 6.07) is 1.33. The molecule has 11 nitrogen and oxygen atoms in total. The fourth-order valence-electron chi connectivity index (χ4n) is 2.74. The maximum Gasteiger partial charge on any atom is 0.326 e. The molecule has 5 unspecified atom stereocenters. The smallest absolute Gasteiger partial charge is 0.326 e. The maximum absolute atomic E-state index is 12.8. The third kappa shape index (κ3) is 8.16. The number of hydrogen-bond acceptors (Lipinski definition) is 7. The van der Waals surface area contributed by atoms with Gasteiger partial charge in [0.15, 0.2) is 0 Å². The molecule has 1 aromatic rings. The van der Waals surface area contributed by atoms with Crippen LogP contribution in [-0.4, -0.2) is 69.3 Å². The monoisotopic (exact) mass is 452 g/mol. The van der Waals surface area contributed by atoms with Gasteiger partial charge in [0.25, 0.3) is 0 Å². The second-order valence-electron chi connectivity index (χ2n) is 8.00. The quantitative estimate of drug-likeness (QED) is 0.219. The zero-order valence-electron chi connectivity index (χ0n) is 18.5. The van der Waals surface area contributed by atoms with E-state index >= 15 is 0 Å². The Kier molecular flexibility index (Phi) is 10.1. The molecule has 0 fully saturated rings. The van der Waals surface area contributed by atoms with Crippen molar-refractivity contribution >= 4 is 23.7 Å². The van der Waals surface area contributed by atoms with Gasteiger partial charge >= 0.3 is 5.97 Å². The molecular weight excluding hydrogens is 420 g/mol. The number of rotatable bonds is 11. The second kappa shape index (κ2) is 12.0. The molecule has 0 spiro atoms. The number of carbonyl (C=O) groups excluding carboxylic acids is 3. The zero-order chi connectivity index (χ0) is 24.6. The minimum Gasteiger partial charge on any atom is -0.508 e. The molecule has 0 radical (unpaired) electrons. The van der Waals surface area contributed by atoms with Gasteiger partial charge in [-0.15, -0.1) is 0 Å². The number of carbonyl (C=O) groups is 4. The van der Waals surface area contributed by atoms with Crippen molar-refractivity contribution in [3.63, 3.8) is 0 Å². The summed E-state index contributed by atoms with van der Waals surface area (Å²) in [5, 5.41) is 35.5. The third-order valence-corrected chi connectivity index (χ3v) is 4.81. The molecule has 178 valence electrons. The lowest BCUT2D eigenvalue weighted by Gasteiger charge is -2.25. The van der Waals surface area contributed by atoms with Crippen molar-refractivity contribution in [2.24, 2.45) is 11.7 Å². The van der Waals surface area contributed by atoms with Gasteiger partial charge in [-0.05, 0) is 37.5 Å². The molecule has 1 aromatic carbocycles. The van der Waals surface area contributed by atoms with E-state index in [-0.39, 0.29) is 18.1 Å². The van der Waals surface area contributed by atoms with Crippen molar-refractivity contribution in [2.75, 3.05) is 0 Å². The Morgan fingerprint density at radius 2 is 1.47 bits per heavy atom. The van der Waals surface area contributed by atoms with Crippen molar-refractivity contribution in [3.05, 3.63) is 29.8 Å². The first kappa shape index (κ1) is 26.9. The molecule has 5 atom stereocenters. The first-order valence-electron chi connectivity index (χ1n) is 10.2. The molecule has 0 saturated carbocycles. The molecule has 0 heterocycles. The van der Waals surface area contributed by atoms with Gasteiger partial charge in [-0.3, -0.25) is 14.4 Å². The van der Waals surface area contributed by atoms with Gasteiger partial charge in [0.2, 0.25) is 17.7 Å². The van der Waals surface area contributed by atoms with Crippen molar-refractivity contribution in [1.29, 1.82) is 0 Å². The molecule has 0 aliphatic heterocycles. The van der Waals surface area contributed by atoms with E-state index in [1.54, 1.807) is 26.0 Å². The number of aliphatic carboxylic acids is 1. The van der Waals surface area contributed by atoms with Gasteiger partial charge in [-0.25, -0.2) is 4.79 Å². The number of nitrogens with one attached hydrogen (secondary N) is 3. The molecule has 8 N–H and O–H groups in total.